The van der Waals surface area contributed by atoms with Gasteiger partial charge in [-0.05, 0) is 119 Å². The maximum absolute atomic E-state index is 2.97. The van der Waals surface area contributed by atoms with E-state index in [2.05, 4.69) is 169 Å². The summed E-state index contributed by atoms with van der Waals surface area (Å²) in [4.78, 5) is 7.21. The van der Waals surface area contributed by atoms with Crippen LogP contribution in [0.3, 0.4) is 0 Å². The normalized spacial score (nSPS) is 27.1. The molecule has 5 heteroatoms. The molecule has 3 nitrogen and oxygen atoms in total. The lowest BCUT2D eigenvalue weighted by atomic mass is 9.33. The van der Waals surface area contributed by atoms with Gasteiger partial charge in [0.25, 0.3) is 6.71 Å². The number of benzene rings is 5. The molecule has 0 radical (unpaired) electrons. The molecule has 2 fully saturated rings. The number of para-hydroxylation sites is 1. The molecule has 2 aromatic heterocycles. The van der Waals surface area contributed by atoms with Crippen LogP contribution in [0.15, 0.2) is 84.9 Å². The SMILES string of the molecule is CC(C)(C)c1cc2c3c(c1)C1(C)CCCCC1(C)N3c1cc(N3c4ccccc4C4(C)CCCCC34C)cc3c1B2c1cc(C(C)(C)C)cc2c4c5ccccc5sc4n-3c12. The molecule has 61 heavy (non-hydrogen) atoms. The first kappa shape index (κ1) is 37.1. The van der Waals surface area contributed by atoms with Gasteiger partial charge in [0, 0.05) is 60.1 Å². The average Bonchev–Trinajstić information content (AvgIpc) is 3.88. The van der Waals surface area contributed by atoms with Crippen LogP contribution in [-0.4, -0.2) is 22.4 Å². The van der Waals surface area contributed by atoms with E-state index < -0.39 is 0 Å². The lowest BCUT2D eigenvalue weighted by Gasteiger charge is -2.53. The highest BCUT2D eigenvalue weighted by atomic mass is 32.1. The molecule has 4 unspecified atom stereocenters. The van der Waals surface area contributed by atoms with E-state index in [0.717, 1.165) is 0 Å². The quantitative estimate of drug-likeness (QED) is 0.153. The Hall–Kier alpha value is -4.48. The number of thiophene rings is 1. The molecule has 2 aliphatic carbocycles. The number of anilines is 4. The van der Waals surface area contributed by atoms with E-state index in [4.69, 9.17) is 0 Å². The summed E-state index contributed by atoms with van der Waals surface area (Å²) in [6.45, 7) is 25.2. The Kier molecular flexibility index (Phi) is 6.91. The Morgan fingerprint density at radius 1 is 0.574 bits per heavy atom. The second kappa shape index (κ2) is 11.4. The van der Waals surface area contributed by atoms with Gasteiger partial charge in [0.2, 0.25) is 0 Å². The van der Waals surface area contributed by atoms with E-state index in [1.165, 1.54) is 144 Å². The summed E-state index contributed by atoms with van der Waals surface area (Å²) in [7, 11) is 0. The van der Waals surface area contributed by atoms with Crippen molar-refractivity contribution in [1.29, 1.82) is 0 Å². The van der Waals surface area contributed by atoms with E-state index in [1.54, 1.807) is 5.56 Å². The fraction of sp³-hybridized carbons (Fsp3) is 0.429. The van der Waals surface area contributed by atoms with Crippen LogP contribution < -0.4 is 26.2 Å². The highest BCUT2D eigenvalue weighted by Gasteiger charge is 2.62. The number of aromatic nitrogens is 1. The van der Waals surface area contributed by atoms with Crippen molar-refractivity contribution >= 4 is 88.4 Å². The second-order valence-electron chi connectivity index (χ2n) is 23.2. The van der Waals surface area contributed by atoms with Crippen molar-refractivity contribution in [2.45, 2.75) is 153 Å². The van der Waals surface area contributed by atoms with Gasteiger partial charge in [-0.2, -0.15) is 0 Å². The molecule has 308 valence electrons. The number of rotatable bonds is 1. The van der Waals surface area contributed by atoms with Crippen molar-refractivity contribution in [1.82, 2.24) is 4.57 Å². The summed E-state index contributed by atoms with van der Waals surface area (Å²) in [6, 6.07) is 34.7. The molecule has 4 aliphatic heterocycles. The standard InChI is InChI=1S/C56H60BN3S/c1-51(2,3)33-27-37-46-36-19-11-14-22-45(36)61-50(46)58-43-31-35(59-42-21-13-12-20-38(42)53(7)23-15-17-25-55(53,59)9)32-44-47(43)57(40(29-33)48(37)58)41-30-34(52(4,5)6)28-39-49(41)60(44)56(10)26-18-16-24-54(39,56)8/h11-14,19-22,27-32H,15-18,23-26H2,1-10H3. The molecule has 13 rings (SSSR count). The van der Waals surface area contributed by atoms with Crippen molar-refractivity contribution in [2.24, 2.45) is 0 Å². The Morgan fingerprint density at radius 2 is 1.18 bits per heavy atom. The fourth-order valence-electron chi connectivity index (χ4n) is 14.4. The zero-order valence-corrected chi connectivity index (χ0v) is 38.9. The predicted molar refractivity (Wildman–Crippen MR) is 264 cm³/mol. The fourth-order valence-corrected chi connectivity index (χ4v) is 15.6. The zero-order valence-electron chi connectivity index (χ0n) is 38.1. The molecular formula is C56H60BN3S. The van der Waals surface area contributed by atoms with Crippen LogP contribution in [0.5, 0.6) is 0 Å². The van der Waals surface area contributed by atoms with Gasteiger partial charge >= 0.3 is 0 Å². The van der Waals surface area contributed by atoms with Gasteiger partial charge < -0.3 is 14.4 Å². The molecule has 5 aromatic carbocycles. The molecule has 0 amide bonds. The second-order valence-corrected chi connectivity index (χ2v) is 24.2. The van der Waals surface area contributed by atoms with Gasteiger partial charge in [0.1, 0.15) is 4.83 Å². The van der Waals surface area contributed by atoms with Gasteiger partial charge in [-0.15, -0.1) is 11.3 Å². The summed E-state index contributed by atoms with van der Waals surface area (Å²) in [5, 5.41) is 4.24. The molecule has 7 aromatic rings. The third-order valence-corrected chi connectivity index (χ3v) is 19.3. The van der Waals surface area contributed by atoms with Crippen molar-refractivity contribution in [3.05, 3.63) is 107 Å². The monoisotopic (exact) mass is 817 g/mol. The van der Waals surface area contributed by atoms with Crippen LogP contribution in [0.25, 0.3) is 36.9 Å². The molecule has 2 saturated carbocycles. The van der Waals surface area contributed by atoms with Crippen molar-refractivity contribution in [2.75, 3.05) is 9.80 Å². The van der Waals surface area contributed by atoms with Crippen LogP contribution in [-0.2, 0) is 21.7 Å². The molecule has 6 heterocycles. The summed E-state index contributed by atoms with van der Waals surface area (Å²) in [5.41, 5.74) is 19.2. The van der Waals surface area contributed by atoms with Crippen molar-refractivity contribution < 1.29 is 0 Å². The number of hydrogen-bond acceptors (Lipinski definition) is 3. The summed E-state index contributed by atoms with van der Waals surface area (Å²) >= 11 is 2.00. The Morgan fingerprint density at radius 3 is 1.92 bits per heavy atom. The zero-order chi connectivity index (χ0) is 42.0. The smallest absolute Gasteiger partial charge is 0.252 e. The number of fused-ring (bicyclic) bond motifs is 15. The number of hydrogen-bond donors (Lipinski definition) is 0. The minimum Gasteiger partial charge on any atom is -0.335 e. The van der Waals surface area contributed by atoms with Crippen LogP contribution in [0.1, 0.15) is 143 Å². The lowest BCUT2D eigenvalue weighted by molar-refractivity contribution is 0.194. The van der Waals surface area contributed by atoms with Crippen LogP contribution >= 0.6 is 11.3 Å². The first-order valence-corrected chi connectivity index (χ1v) is 24.4. The molecule has 0 bridgehead atoms. The van der Waals surface area contributed by atoms with Crippen molar-refractivity contribution in [3.8, 4) is 5.69 Å². The van der Waals surface area contributed by atoms with Crippen LogP contribution in [0.2, 0.25) is 0 Å². The molecule has 0 saturated heterocycles. The largest absolute Gasteiger partial charge is 0.335 e. The van der Waals surface area contributed by atoms with E-state index >= 15 is 0 Å². The van der Waals surface area contributed by atoms with Crippen LogP contribution in [0.4, 0.5) is 22.7 Å². The molecule has 4 atom stereocenters. The highest BCUT2D eigenvalue weighted by Crippen LogP contribution is 2.64. The minimum absolute atomic E-state index is 0.00502. The van der Waals surface area contributed by atoms with E-state index in [1.807, 2.05) is 11.3 Å². The highest BCUT2D eigenvalue weighted by molar-refractivity contribution is 7.26. The third-order valence-electron chi connectivity index (χ3n) is 18.2. The topological polar surface area (TPSA) is 11.4 Å². The molecule has 6 aliphatic rings. The minimum atomic E-state index is -0.0468. The van der Waals surface area contributed by atoms with Gasteiger partial charge in [0.05, 0.1) is 16.6 Å². The predicted octanol–water partition coefficient (Wildman–Crippen LogP) is 13.2. The molecular weight excluding hydrogens is 758 g/mol. The Bertz CT molecular complexity index is 3120. The first-order chi connectivity index (χ1) is 29.0. The van der Waals surface area contributed by atoms with Gasteiger partial charge in [-0.25, -0.2) is 0 Å². The van der Waals surface area contributed by atoms with Crippen molar-refractivity contribution in [3.63, 3.8) is 0 Å². The first-order valence-electron chi connectivity index (χ1n) is 23.6. The summed E-state index contributed by atoms with van der Waals surface area (Å²) < 4.78 is 4.15. The number of nitrogens with zero attached hydrogens (tertiary/aromatic N) is 3. The van der Waals surface area contributed by atoms with Crippen LogP contribution in [0, 0.1) is 0 Å². The van der Waals surface area contributed by atoms with Gasteiger partial charge in [-0.1, -0.05) is 136 Å². The summed E-state index contributed by atoms with van der Waals surface area (Å²) in [6.07, 6.45) is 10.0. The molecule has 0 N–H and O–H groups in total. The van der Waals surface area contributed by atoms with Gasteiger partial charge in [-0.3, -0.25) is 0 Å². The van der Waals surface area contributed by atoms with E-state index in [9.17, 15) is 0 Å². The maximum atomic E-state index is 2.97. The van der Waals surface area contributed by atoms with Gasteiger partial charge in [0.15, 0.2) is 0 Å². The lowest BCUT2D eigenvalue weighted by Crippen LogP contribution is -2.64. The Labute approximate surface area is 367 Å². The third kappa shape index (κ3) is 4.25. The van der Waals surface area contributed by atoms with E-state index in [-0.39, 0.29) is 39.5 Å². The Balaban J connectivity index is 1.23. The van der Waals surface area contributed by atoms with E-state index in [0.29, 0.717) is 0 Å². The summed E-state index contributed by atoms with van der Waals surface area (Å²) in [5.74, 6) is 0. The maximum Gasteiger partial charge on any atom is 0.252 e. The molecule has 0 spiro atoms. The average molecular weight is 818 g/mol.